The molecule has 0 amide bonds. The summed E-state index contributed by atoms with van der Waals surface area (Å²) >= 11 is 6.13. The van der Waals surface area contributed by atoms with Gasteiger partial charge in [-0.2, -0.15) is 5.26 Å². The molecule has 3 nitrogen and oxygen atoms in total. The van der Waals surface area contributed by atoms with E-state index in [2.05, 4.69) is 24.3 Å². The summed E-state index contributed by atoms with van der Waals surface area (Å²) in [5, 5.41) is 10.8. The number of hydrogen-bond acceptors (Lipinski definition) is 3. The van der Waals surface area contributed by atoms with E-state index in [9.17, 15) is 5.26 Å². The Morgan fingerprint density at radius 1 is 0.903 bits per heavy atom. The lowest BCUT2D eigenvalue weighted by molar-refractivity contribution is 0.293. The maximum atomic E-state index is 10.1. The Morgan fingerprint density at radius 3 is 2.42 bits per heavy atom. The van der Waals surface area contributed by atoms with Crippen LogP contribution in [0.25, 0.3) is 22.4 Å². The van der Waals surface area contributed by atoms with Crippen LogP contribution < -0.4 is 4.74 Å². The highest BCUT2D eigenvalue weighted by Gasteiger charge is 2.26. The highest BCUT2D eigenvalue weighted by atomic mass is 35.5. The molecule has 1 aliphatic rings. The first-order chi connectivity index (χ1) is 15.2. The number of fused-ring (bicyclic) bond motifs is 3. The second-order valence-electron chi connectivity index (χ2n) is 7.54. The van der Waals surface area contributed by atoms with Crippen LogP contribution in [0.4, 0.5) is 0 Å². The average Bonchev–Trinajstić information content (AvgIpc) is 2.83. The number of halogens is 1. The monoisotopic (exact) mass is 422 g/mol. The molecule has 31 heavy (non-hydrogen) atoms. The molecule has 4 aromatic rings. The van der Waals surface area contributed by atoms with Crippen molar-refractivity contribution < 1.29 is 4.74 Å². The van der Waals surface area contributed by atoms with Crippen LogP contribution in [0.15, 0.2) is 78.9 Å². The molecule has 0 saturated heterocycles. The highest BCUT2D eigenvalue weighted by molar-refractivity contribution is 6.30. The molecule has 0 N–H and O–H groups in total. The van der Waals surface area contributed by atoms with Gasteiger partial charge in [-0.3, -0.25) is 0 Å². The van der Waals surface area contributed by atoms with E-state index in [-0.39, 0.29) is 0 Å². The van der Waals surface area contributed by atoms with Gasteiger partial charge in [0.1, 0.15) is 18.2 Å². The van der Waals surface area contributed by atoms with Gasteiger partial charge in [0.05, 0.1) is 5.69 Å². The zero-order chi connectivity index (χ0) is 21.2. The summed E-state index contributed by atoms with van der Waals surface area (Å²) < 4.78 is 6.12. The van der Waals surface area contributed by atoms with Gasteiger partial charge in [-0.25, -0.2) is 4.98 Å². The molecule has 0 saturated carbocycles. The Morgan fingerprint density at radius 2 is 1.65 bits per heavy atom. The van der Waals surface area contributed by atoms with Crippen molar-refractivity contribution in [1.82, 2.24) is 4.98 Å². The predicted molar refractivity (Wildman–Crippen MR) is 123 cm³/mol. The van der Waals surface area contributed by atoms with Crippen LogP contribution in [-0.4, -0.2) is 4.98 Å². The van der Waals surface area contributed by atoms with Crippen molar-refractivity contribution >= 4 is 11.6 Å². The first kappa shape index (κ1) is 19.4. The average molecular weight is 423 g/mol. The summed E-state index contributed by atoms with van der Waals surface area (Å²) in [6.45, 7) is 0.350. The van der Waals surface area contributed by atoms with Crippen molar-refractivity contribution in [1.29, 1.82) is 5.26 Å². The molecule has 1 aliphatic carbocycles. The minimum atomic E-state index is 0.350. The SMILES string of the molecule is N#Cc1c(OCc2ccccc2)nc2c(c1-c1ccc(Cl)cc1)CCc1ccccc1-2. The van der Waals surface area contributed by atoms with Gasteiger partial charge in [-0.1, -0.05) is 78.3 Å². The molecule has 0 atom stereocenters. The first-order valence-corrected chi connectivity index (χ1v) is 10.6. The molecule has 3 aromatic carbocycles. The zero-order valence-electron chi connectivity index (χ0n) is 16.8. The Labute approximate surface area is 186 Å². The maximum Gasteiger partial charge on any atom is 0.233 e. The standard InChI is InChI=1S/C27H19ClN2O/c28-21-13-10-20(11-14-21)25-23-15-12-19-8-4-5-9-22(19)26(23)30-27(24(25)16-29)31-17-18-6-2-1-3-7-18/h1-11,13-14H,12,15,17H2. The summed E-state index contributed by atoms with van der Waals surface area (Å²) in [4.78, 5) is 4.87. The van der Waals surface area contributed by atoms with Crippen LogP contribution in [0.5, 0.6) is 5.88 Å². The number of ether oxygens (including phenoxy) is 1. The molecule has 1 heterocycles. The predicted octanol–water partition coefficient (Wildman–Crippen LogP) is 6.62. The van der Waals surface area contributed by atoms with Crippen molar-refractivity contribution in [3.05, 3.63) is 106 Å². The van der Waals surface area contributed by atoms with Crippen LogP contribution in [0.1, 0.15) is 22.3 Å². The number of hydrogen-bond donors (Lipinski definition) is 0. The third-order valence-corrected chi connectivity index (χ3v) is 5.90. The lowest BCUT2D eigenvalue weighted by atomic mass is 9.83. The van der Waals surface area contributed by atoms with E-state index in [4.69, 9.17) is 21.3 Å². The van der Waals surface area contributed by atoms with E-state index in [0.29, 0.717) is 23.1 Å². The molecular formula is C27H19ClN2O. The summed E-state index contributed by atoms with van der Waals surface area (Å²) in [7, 11) is 0. The lowest BCUT2D eigenvalue weighted by Crippen LogP contribution is -2.11. The topological polar surface area (TPSA) is 45.9 Å². The lowest BCUT2D eigenvalue weighted by Gasteiger charge is -2.24. The fourth-order valence-corrected chi connectivity index (χ4v) is 4.29. The van der Waals surface area contributed by atoms with E-state index >= 15 is 0 Å². The number of nitriles is 1. The van der Waals surface area contributed by atoms with E-state index < -0.39 is 0 Å². The molecule has 5 rings (SSSR count). The molecule has 0 spiro atoms. The van der Waals surface area contributed by atoms with Gasteiger partial charge in [-0.05, 0) is 47.2 Å². The van der Waals surface area contributed by atoms with Crippen molar-refractivity contribution in [2.45, 2.75) is 19.4 Å². The van der Waals surface area contributed by atoms with Crippen LogP contribution in [0, 0.1) is 11.3 Å². The Kier molecular flexibility index (Phi) is 5.16. The number of benzene rings is 3. The zero-order valence-corrected chi connectivity index (χ0v) is 17.6. The van der Waals surface area contributed by atoms with Gasteiger partial charge >= 0.3 is 0 Å². The van der Waals surface area contributed by atoms with E-state index in [1.165, 1.54) is 5.56 Å². The summed E-state index contributed by atoms with van der Waals surface area (Å²) in [6.07, 6.45) is 1.74. The molecular weight excluding hydrogens is 404 g/mol. The normalized spacial score (nSPS) is 11.9. The number of aromatic nitrogens is 1. The maximum absolute atomic E-state index is 10.1. The quantitative estimate of drug-likeness (QED) is 0.371. The minimum absolute atomic E-state index is 0.350. The van der Waals surface area contributed by atoms with Crippen molar-refractivity contribution in [3.8, 4) is 34.3 Å². The first-order valence-electron chi connectivity index (χ1n) is 10.2. The fourth-order valence-electron chi connectivity index (χ4n) is 4.17. The Bertz CT molecular complexity index is 1290. The number of pyridine rings is 1. The van der Waals surface area contributed by atoms with Crippen LogP contribution in [0.3, 0.4) is 0 Å². The molecule has 150 valence electrons. The van der Waals surface area contributed by atoms with Gasteiger partial charge in [0.15, 0.2) is 0 Å². The van der Waals surface area contributed by atoms with Gasteiger partial charge in [-0.15, -0.1) is 0 Å². The number of nitrogens with zero attached hydrogens (tertiary/aromatic N) is 2. The Balaban J connectivity index is 1.71. The van der Waals surface area contributed by atoms with Gasteiger partial charge in [0.25, 0.3) is 0 Å². The summed E-state index contributed by atoms with van der Waals surface area (Å²) in [5.74, 6) is 0.367. The van der Waals surface area contributed by atoms with E-state index in [1.54, 1.807) is 0 Å². The van der Waals surface area contributed by atoms with Crippen molar-refractivity contribution in [2.75, 3.05) is 0 Å². The summed E-state index contributed by atoms with van der Waals surface area (Å²) in [6, 6.07) is 28.2. The molecule has 1 aromatic heterocycles. The van der Waals surface area contributed by atoms with Gasteiger partial charge in [0.2, 0.25) is 5.88 Å². The minimum Gasteiger partial charge on any atom is -0.472 e. The van der Waals surface area contributed by atoms with E-state index in [0.717, 1.165) is 46.4 Å². The summed E-state index contributed by atoms with van der Waals surface area (Å²) in [5.41, 5.74) is 7.69. The Hall–Kier alpha value is -3.61. The van der Waals surface area contributed by atoms with Crippen LogP contribution in [-0.2, 0) is 19.4 Å². The molecule has 0 aliphatic heterocycles. The number of rotatable bonds is 4. The largest absolute Gasteiger partial charge is 0.472 e. The fraction of sp³-hybridized carbons (Fsp3) is 0.111. The molecule has 0 radical (unpaired) electrons. The number of aryl methyl sites for hydroxylation is 1. The second-order valence-corrected chi connectivity index (χ2v) is 7.98. The van der Waals surface area contributed by atoms with Crippen LogP contribution in [0.2, 0.25) is 5.02 Å². The van der Waals surface area contributed by atoms with Gasteiger partial charge in [0, 0.05) is 16.1 Å². The van der Waals surface area contributed by atoms with Crippen molar-refractivity contribution in [3.63, 3.8) is 0 Å². The third-order valence-electron chi connectivity index (χ3n) is 5.64. The van der Waals surface area contributed by atoms with Crippen molar-refractivity contribution in [2.24, 2.45) is 0 Å². The molecule has 0 unspecified atom stereocenters. The second kappa shape index (κ2) is 8.26. The third kappa shape index (κ3) is 3.67. The molecule has 4 heteroatoms. The molecule has 0 fully saturated rings. The van der Waals surface area contributed by atoms with Gasteiger partial charge < -0.3 is 4.74 Å². The van der Waals surface area contributed by atoms with Crippen LogP contribution >= 0.6 is 11.6 Å². The smallest absolute Gasteiger partial charge is 0.233 e. The highest BCUT2D eigenvalue weighted by Crippen LogP contribution is 2.42. The van der Waals surface area contributed by atoms with E-state index in [1.807, 2.05) is 60.7 Å². The molecule has 0 bridgehead atoms.